The highest BCUT2D eigenvalue weighted by Crippen LogP contribution is 2.29. The predicted octanol–water partition coefficient (Wildman–Crippen LogP) is 4.48. The summed E-state index contributed by atoms with van der Waals surface area (Å²) in [6.45, 7) is 1.81. The predicted molar refractivity (Wildman–Crippen MR) is 128 cm³/mol. The quantitative estimate of drug-likeness (QED) is 0.364. The Bertz CT molecular complexity index is 1270. The number of nitrogens with zero attached hydrogens (tertiary/aromatic N) is 1. The lowest BCUT2D eigenvalue weighted by atomic mass is 10.2. The molecule has 0 aliphatic heterocycles. The van der Waals surface area contributed by atoms with E-state index in [2.05, 4.69) is 5.32 Å². The summed E-state index contributed by atoms with van der Waals surface area (Å²) in [5.41, 5.74) is 1.72. The van der Waals surface area contributed by atoms with Gasteiger partial charge in [0.15, 0.2) is 0 Å². The molecule has 6 nitrogen and oxygen atoms in total. The van der Waals surface area contributed by atoms with E-state index in [1.165, 1.54) is 3.97 Å². The molecule has 0 aliphatic rings. The number of aromatic nitrogens is 1. The van der Waals surface area contributed by atoms with E-state index in [4.69, 9.17) is 9.47 Å². The van der Waals surface area contributed by atoms with Crippen LogP contribution in [-0.2, 0) is 16.6 Å². The number of hydrogen-bond acceptors (Lipinski definition) is 5. The Morgan fingerprint density at radius 3 is 2.50 bits per heavy atom. The Labute approximate surface area is 194 Å². The van der Waals surface area contributed by atoms with E-state index in [-0.39, 0.29) is 17.3 Å². The van der Waals surface area contributed by atoms with Crippen molar-refractivity contribution in [3.05, 3.63) is 90.6 Å². The van der Waals surface area contributed by atoms with Gasteiger partial charge in [0.1, 0.15) is 18.1 Å². The normalized spacial score (nSPS) is 11.2. The summed E-state index contributed by atoms with van der Waals surface area (Å²) in [6, 6.07) is 23.5. The van der Waals surface area contributed by atoms with E-state index in [9.17, 15) is 8.42 Å². The molecule has 0 radical (unpaired) electrons. The van der Waals surface area contributed by atoms with Gasteiger partial charge in [0.25, 0.3) is 10.0 Å². The summed E-state index contributed by atoms with van der Waals surface area (Å²) in [4.78, 5) is 0.251. The number of hydrogen-bond donors (Lipinski definition) is 1. The standard InChI is InChI=1S/C24H24N2O4S.ClH/c1-29-20-8-5-7-19(17-20)18-25-14-16-30-24-12-6-11-23-22(24)13-15-26(23)31(27,28)21-9-3-2-4-10-21;/h2-13,15,17,25H,14,16,18H2,1H3;1H. The van der Waals surface area contributed by atoms with Crippen molar-refractivity contribution in [1.82, 2.24) is 9.29 Å². The van der Waals surface area contributed by atoms with Gasteiger partial charge in [-0.2, -0.15) is 0 Å². The van der Waals surface area contributed by atoms with Crippen molar-refractivity contribution in [1.29, 1.82) is 0 Å². The van der Waals surface area contributed by atoms with Crippen molar-refractivity contribution in [3.63, 3.8) is 0 Å². The number of ether oxygens (including phenoxy) is 2. The summed E-state index contributed by atoms with van der Waals surface area (Å²) >= 11 is 0. The Balaban J connectivity index is 0.00000289. The van der Waals surface area contributed by atoms with Gasteiger partial charge >= 0.3 is 0 Å². The molecule has 0 bridgehead atoms. The number of fused-ring (bicyclic) bond motifs is 1. The minimum Gasteiger partial charge on any atom is -0.497 e. The molecule has 4 rings (SSSR count). The fraction of sp³-hybridized carbons (Fsp3) is 0.167. The maximum atomic E-state index is 13.0. The number of nitrogens with one attached hydrogen (secondary N) is 1. The topological polar surface area (TPSA) is 69.6 Å². The second kappa shape index (κ2) is 10.5. The lowest BCUT2D eigenvalue weighted by molar-refractivity contribution is 0.317. The molecule has 0 fully saturated rings. The van der Waals surface area contributed by atoms with E-state index >= 15 is 0 Å². The van der Waals surface area contributed by atoms with E-state index in [1.54, 1.807) is 61.8 Å². The first kappa shape index (κ1) is 23.7. The summed E-state index contributed by atoms with van der Waals surface area (Å²) in [6.07, 6.45) is 1.57. The number of rotatable bonds is 9. The van der Waals surface area contributed by atoms with Crippen LogP contribution in [0.1, 0.15) is 5.56 Å². The minimum absolute atomic E-state index is 0. The van der Waals surface area contributed by atoms with Gasteiger partial charge in [-0.15, -0.1) is 12.4 Å². The molecule has 0 unspecified atom stereocenters. The second-order valence-corrected chi connectivity index (χ2v) is 8.81. The van der Waals surface area contributed by atoms with Gasteiger partial charge in [-0.05, 0) is 48.0 Å². The molecule has 1 heterocycles. The van der Waals surface area contributed by atoms with Crippen LogP contribution in [0.3, 0.4) is 0 Å². The van der Waals surface area contributed by atoms with Gasteiger partial charge in [0.2, 0.25) is 0 Å². The largest absolute Gasteiger partial charge is 0.497 e. The van der Waals surface area contributed by atoms with Crippen molar-refractivity contribution >= 4 is 33.3 Å². The highest BCUT2D eigenvalue weighted by atomic mass is 35.5. The molecule has 8 heteroatoms. The maximum absolute atomic E-state index is 13.0. The van der Waals surface area contributed by atoms with Gasteiger partial charge < -0.3 is 14.8 Å². The van der Waals surface area contributed by atoms with Crippen LogP contribution in [-0.4, -0.2) is 32.7 Å². The van der Waals surface area contributed by atoms with Gasteiger partial charge in [-0.25, -0.2) is 12.4 Å². The number of halogens is 1. The van der Waals surface area contributed by atoms with Crippen molar-refractivity contribution < 1.29 is 17.9 Å². The van der Waals surface area contributed by atoms with E-state index in [0.717, 1.165) is 16.7 Å². The van der Waals surface area contributed by atoms with Crippen LogP contribution in [0.25, 0.3) is 10.9 Å². The first-order chi connectivity index (χ1) is 15.1. The Morgan fingerprint density at radius 2 is 1.72 bits per heavy atom. The SMILES string of the molecule is COc1cccc(CNCCOc2cccc3c2ccn3S(=O)(=O)c2ccccc2)c1.Cl. The lowest BCUT2D eigenvalue weighted by Gasteiger charge is -2.11. The van der Waals surface area contributed by atoms with Crippen molar-refractivity contribution in [2.45, 2.75) is 11.4 Å². The van der Waals surface area contributed by atoms with E-state index in [0.29, 0.717) is 31.0 Å². The fourth-order valence-corrected chi connectivity index (χ4v) is 4.77. The molecule has 0 atom stereocenters. The fourth-order valence-electron chi connectivity index (χ4n) is 3.40. The van der Waals surface area contributed by atoms with Crippen LogP contribution < -0.4 is 14.8 Å². The molecule has 0 saturated heterocycles. The summed E-state index contributed by atoms with van der Waals surface area (Å²) in [7, 11) is -2.01. The molecule has 0 spiro atoms. The van der Waals surface area contributed by atoms with Crippen LogP contribution >= 0.6 is 12.4 Å². The maximum Gasteiger partial charge on any atom is 0.268 e. The smallest absolute Gasteiger partial charge is 0.268 e. The summed E-state index contributed by atoms with van der Waals surface area (Å²) < 4.78 is 38.5. The van der Waals surface area contributed by atoms with Crippen molar-refractivity contribution in [3.8, 4) is 11.5 Å². The first-order valence-electron chi connectivity index (χ1n) is 9.97. The summed E-state index contributed by atoms with van der Waals surface area (Å²) in [5, 5.41) is 4.10. The van der Waals surface area contributed by atoms with Crippen molar-refractivity contribution in [2.24, 2.45) is 0 Å². The van der Waals surface area contributed by atoms with Gasteiger partial charge in [0.05, 0.1) is 17.5 Å². The van der Waals surface area contributed by atoms with Crippen LogP contribution in [0, 0.1) is 0 Å². The highest BCUT2D eigenvalue weighted by molar-refractivity contribution is 7.90. The molecular weight excluding hydrogens is 448 g/mol. The molecule has 1 aromatic heterocycles. The van der Waals surface area contributed by atoms with Crippen LogP contribution in [0.4, 0.5) is 0 Å². The molecule has 4 aromatic rings. The van der Waals surface area contributed by atoms with Gasteiger partial charge in [0, 0.05) is 24.7 Å². The monoisotopic (exact) mass is 472 g/mol. The molecule has 168 valence electrons. The first-order valence-corrected chi connectivity index (χ1v) is 11.4. The zero-order chi connectivity index (χ0) is 21.7. The summed E-state index contributed by atoms with van der Waals surface area (Å²) in [5.74, 6) is 1.49. The van der Waals surface area contributed by atoms with E-state index in [1.807, 2.05) is 30.3 Å². The zero-order valence-corrected chi connectivity index (χ0v) is 19.2. The second-order valence-electron chi connectivity index (χ2n) is 7.00. The lowest BCUT2D eigenvalue weighted by Crippen LogP contribution is -2.20. The van der Waals surface area contributed by atoms with Gasteiger partial charge in [-0.1, -0.05) is 36.4 Å². The minimum atomic E-state index is -3.67. The van der Waals surface area contributed by atoms with Gasteiger partial charge in [-0.3, -0.25) is 0 Å². The van der Waals surface area contributed by atoms with E-state index < -0.39 is 10.0 Å². The molecule has 0 amide bonds. The average Bonchev–Trinajstić information content (AvgIpc) is 3.25. The molecule has 0 aliphatic carbocycles. The zero-order valence-electron chi connectivity index (χ0n) is 17.6. The van der Waals surface area contributed by atoms with Crippen LogP contribution in [0.15, 0.2) is 90.0 Å². The molecule has 1 N–H and O–H groups in total. The Morgan fingerprint density at radius 1 is 0.938 bits per heavy atom. The third-order valence-electron chi connectivity index (χ3n) is 4.96. The molecule has 0 saturated carbocycles. The molecule has 32 heavy (non-hydrogen) atoms. The number of methoxy groups -OCH3 is 1. The highest BCUT2D eigenvalue weighted by Gasteiger charge is 2.19. The molecular formula is C24H25ClN2O4S. The average molecular weight is 473 g/mol. The third-order valence-corrected chi connectivity index (χ3v) is 6.66. The van der Waals surface area contributed by atoms with Crippen LogP contribution in [0.5, 0.6) is 11.5 Å². The Hall–Kier alpha value is -3.00. The third kappa shape index (κ3) is 5.07. The molecule has 3 aromatic carbocycles. The Kier molecular flexibility index (Phi) is 7.80. The van der Waals surface area contributed by atoms with Crippen molar-refractivity contribution in [2.75, 3.05) is 20.3 Å². The number of benzene rings is 3. The van der Waals surface area contributed by atoms with Crippen LogP contribution in [0.2, 0.25) is 0 Å².